The minimum absolute atomic E-state index is 0.0360. The van der Waals surface area contributed by atoms with Crippen LogP contribution in [-0.4, -0.2) is 29.6 Å². The lowest BCUT2D eigenvalue weighted by molar-refractivity contribution is 0.0890. The summed E-state index contributed by atoms with van der Waals surface area (Å²) in [6.07, 6.45) is 2.74. The van der Waals surface area contributed by atoms with Crippen molar-refractivity contribution in [1.82, 2.24) is 10.3 Å². The highest BCUT2D eigenvalue weighted by Gasteiger charge is 2.31. The molecule has 1 aliphatic rings. The molecular formula is C14H16N2O2. The number of rotatable bonds is 2. The van der Waals surface area contributed by atoms with E-state index in [1.165, 1.54) is 0 Å². The Morgan fingerprint density at radius 1 is 1.44 bits per heavy atom. The number of nitrogens with one attached hydrogen (secondary N) is 2. The van der Waals surface area contributed by atoms with Crippen LogP contribution in [0.4, 0.5) is 0 Å². The standard InChI is InChI=1S/C14H16N2O2/c1-14(5-7-18-9-14)16-13(17)11-2-3-12-10(8-11)4-6-15-12/h2-4,6,8,15H,5,7,9H2,1H3,(H,16,17). The number of carbonyl (C=O) groups is 1. The van der Waals surface area contributed by atoms with Crippen LogP contribution in [0.1, 0.15) is 23.7 Å². The molecule has 1 saturated heterocycles. The number of amides is 1. The number of benzene rings is 1. The lowest BCUT2D eigenvalue weighted by atomic mass is 10.0. The Labute approximate surface area is 105 Å². The van der Waals surface area contributed by atoms with E-state index in [-0.39, 0.29) is 11.4 Å². The van der Waals surface area contributed by atoms with E-state index in [2.05, 4.69) is 10.3 Å². The zero-order chi connectivity index (χ0) is 12.6. The minimum Gasteiger partial charge on any atom is -0.379 e. The van der Waals surface area contributed by atoms with Crippen LogP contribution in [0.25, 0.3) is 10.9 Å². The number of fused-ring (bicyclic) bond motifs is 1. The summed E-state index contributed by atoms with van der Waals surface area (Å²) in [4.78, 5) is 15.3. The molecule has 1 atom stereocenters. The number of carbonyl (C=O) groups excluding carboxylic acids is 1. The number of H-pyrrole nitrogens is 1. The second kappa shape index (κ2) is 4.14. The maximum absolute atomic E-state index is 12.2. The summed E-state index contributed by atoms with van der Waals surface area (Å²) in [6, 6.07) is 7.64. The van der Waals surface area contributed by atoms with Crippen LogP contribution in [0.3, 0.4) is 0 Å². The Kier molecular flexibility index (Phi) is 2.59. The highest BCUT2D eigenvalue weighted by atomic mass is 16.5. The molecule has 0 radical (unpaired) electrons. The Morgan fingerprint density at radius 3 is 3.11 bits per heavy atom. The Morgan fingerprint density at radius 2 is 2.33 bits per heavy atom. The van der Waals surface area contributed by atoms with Crippen molar-refractivity contribution in [2.45, 2.75) is 18.9 Å². The molecule has 4 heteroatoms. The fourth-order valence-electron chi connectivity index (χ4n) is 2.31. The zero-order valence-electron chi connectivity index (χ0n) is 10.3. The topological polar surface area (TPSA) is 54.1 Å². The number of aromatic amines is 1. The van der Waals surface area contributed by atoms with Gasteiger partial charge in [-0.2, -0.15) is 0 Å². The first-order valence-electron chi connectivity index (χ1n) is 6.14. The van der Waals surface area contributed by atoms with Crippen molar-refractivity contribution in [3.63, 3.8) is 0 Å². The maximum Gasteiger partial charge on any atom is 0.251 e. The van der Waals surface area contributed by atoms with Gasteiger partial charge in [0.25, 0.3) is 5.91 Å². The smallest absolute Gasteiger partial charge is 0.251 e. The van der Waals surface area contributed by atoms with Crippen LogP contribution in [0.15, 0.2) is 30.5 Å². The van der Waals surface area contributed by atoms with Gasteiger partial charge in [-0.25, -0.2) is 0 Å². The van der Waals surface area contributed by atoms with Crippen LogP contribution in [-0.2, 0) is 4.74 Å². The molecule has 0 saturated carbocycles. The van der Waals surface area contributed by atoms with Crippen molar-refractivity contribution in [2.24, 2.45) is 0 Å². The van der Waals surface area contributed by atoms with Gasteiger partial charge in [0.1, 0.15) is 0 Å². The molecule has 3 rings (SSSR count). The lowest BCUT2D eigenvalue weighted by Gasteiger charge is -2.23. The van der Waals surface area contributed by atoms with E-state index in [4.69, 9.17) is 4.74 Å². The molecular weight excluding hydrogens is 228 g/mol. The van der Waals surface area contributed by atoms with Crippen molar-refractivity contribution in [1.29, 1.82) is 0 Å². The summed E-state index contributed by atoms with van der Waals surface area (Å²) in [5.41, 5.74) is 1.50. The molecule has 1 fully saturated rings. The predicted molar refractivity (Wildman–Crippen MR) is 69.6 cm³/mol. The van der Waals surface area contributed by atoms with E-state index < -0.39 is 0 Å². The molecule has 0 bridgehead atoms. The molecule has 1 aromatic heterocycles. The van der Waals surface area contributed by atoms with Gasteiger partial charge < -0.3 is 15.0 Å². The van der Waals surface area contributed by atoms with Crippen molar-refractivity contribution in [3.05, 3.63) is 36.0 Å². The molecule has 2 aromatic rings. The Bertz CT molecular complexity index is 582. The third-order valence-electron chi connectivity index (χ3n) is 3.45. The molecule has 94 valence electrons. The molecule has 1 aromatic carbocycles. The molecule has 4 nitrogen and oxygen atoms in total. The Balaban J connectivity index is 1.82. The molecule has 1 unspecified atom stereocenters. The van der Waals surface area contributed by atoms with Gasteiger partial charge in [-0.1, -0.05) is 0 Å². The van der Waals surface area contributed by atoms with E-state index in [1.54, 1.807) is 0 Å². The van der Waals surface area contributed by atoms with Gasteiger partial charge in [0, 0.05) is 29.3 Å². The molecule has 18 heavy (non-hydrogen) atoms. The van der Waals surface area contributed by atoms with Crippen molar-refractivity contribution in [3.8, 4) is 0 Å². The second-order valence-corrected chi connectivity index (χ2v) is 5.10. The molecule has 1 amide bonds. The van der Waals surface area contributed by atoms with Crippen molar-refractivity contribution < 1.29 is 9.53 Å². The third-order valence-corrected chi connectivity index (χ3v) is 3.45. The van der Waals surface area contributed by atoms with Crippen molar-refractivity contribution in [2.75, 3.05) is 13.2 Å². The predicted octanol–water partition coefficient (Wildman–Crippen LogP) is 2.08. The van der Waals surface area contributed by atoms with Crippen LogP contribution >= 0.6 is 0 Å². The first-order valence-corrected chi connectivity index (χ1v) is 6.14. The number of hydrogen-bond acceptors (Lipinski definition) is 2. The van der Waals surface area contributed by atoms with E-state index in [1.807, 2.05) is 37.4 Å². The minimum atomic E-state index is -0.232. The molecule has 0 spiro atoms. The SMILES string of the molecule is CC1(NC(=O)c2ccc3[nH]ccc3c2)CCOC1. The van der Waals surface area contributed by atoms with Crippen LogP contribution < -0.4 is 5.32 Å². The normalized spacial score (nSPS) is 23.4. The molecule has 2 heterocycles. The lowest BCUT2D eigenvalue weighted by Crippen LogP contribution is -2.46. The summed E-state index contributed by atoms with van der Waals surface area (Å²) in [7, 11) is 0. The van der Waals surface area contributed by atoms with Gasteiger partial charge in [-0.15, -0.1) is 0 Å². The zero-order valence-corrected chi connectivity index (χ0v) is 10.3. The average molecular weight is 244 g/mol. The van der Waals surface area contributed by atoms with E-state index in [9.17, 15) is 4.79 Å². The largest absolute Gasteiger partial charge is 0.379 e. The maximum atomic E-state index is 12.2. The molecule has 2 N–H and O–H groups in total. The quantitative estimate of drug-likeness (QED) is 0.849. The fraction of sp³-hybridized carbons (Fsp3) is 0.357. The number of hydrogen-bond donors (Lipinski definition) is 2. The second-order valence-electron chi connectivity index (χ2n) is 5.10. The summed E-state index contributed by atoms with van der Waals surface area (Å²) >= 11 is 0. The number of aromatic nitrogens is 1. The monoisotopic (exact) mass is 244 g/mol. The number of ether oxygens (including phenoxy) is 1. The van der Waals surface area contributed by atoms with Crippen LogP contribution in [0, 0.1) is 0 Å². The summed E-state index contributed by atoms with van der Waals surface area (Å²) < 4.78 is 5.33. The van der Waals surface area contributed by atoms with E-state index >= 15 is 0 Å². The van der Waals surface area contributed by atoms with Gasteiger partial charge in [0.2, 0.25) is 0 Å². The fourth-order valence-corrected chi connectivity index (χ4v) is 2.31. The van der Waals surface area contributed by atoms with E-state index in [0.717, 1.165) is 17.3 Å². The summed E-state index contributed by atoms with van der Waals surface area (Å²) in [5.74, 6) is -0.0360. The van der Waals surface area contributed by atoms with E-state index in [0.29, 0.717) is 18.8 Å². The van der Waals surface area contributed by atoms with Gasteiger partial charge in [0.15, 0.2) is 0 Å². The Hall–Kier alpha value is -1.81. The van der Waals surface area contributed by atoms with Crippen LogP contribution in [0.2, 0.25) is 0 Å². The van der Waals surface area contributed by atoms with Gasteiger partial charge in [0.05, 0.1) is 12.1 Å². The average Bonchev–Trinajstić information content (AvgIpc) is 2.96. The van der Waals surface area contributed by atoms with Crippen molar-refractivity contribution >= 4 is 16.8 Å². The van der Waals surface area contributed by atoms with Crippen LogP contribution in [0.5, 0.6) is 0 Å². The summed E-state index contributed by atoms with van der Waals surface area (Å²) in [6.45, 7) is 3.32. The first-order chi connectivity index (χ1) is 8.66. The first kappa shape index (κ1) is 11.3. The van der Waals surface area contributed by atoms with Gasteiger partial charge in [-0.3, -0.25) is 4.79 Å². The van der Waals surface area contributed by atoms with Gasteiger partial charge in [-0.05, 0) is 37.6 Å². The molecule has 0 aliphatic carbocycles. The molecule has 1 aliphatic heterocycles. The highest BCUT2D eigenvalue weighted by molar-refractivity contribution is 5.98. The summed E-state index contributed by atoms with van der Waals surface area (Å²) in [5, 5.41) is 4.11. The van der Waals surface area contributed by atoms with Gasteiger partial charge >= 0.3 is 0 Å². The highest BCUT2D eigenvalue weighted by Crippen LogP contribution is 2.19. The third kappa shape index (κ3) is 1.99.